The van der Waals surface area contributed by atoms with Crippen molar-refractivity contribution in [2.24, 2.45) is 0 Å². The summed E-state index contributed by atoms with van der Waals surface area (Å²) in [5.41, 5.74) is -5.37. The van der Waals surface area contributed by atoms with Crippen molar-refractivity contribution in [2.75, 3.05) is 0 Å². The van der Waals surface area contributed by atoms with Crippen molar-refractivity contribution in [3.63, 3.8) is 0 Å². The summed E-state index contributed by atoms with van der Waals surface area (Å²) in [6, 6.07) is 2.32. The van der Waals surface area contributed by atoms with Crippen LogP contribution in [0, 0.1) is 0 Å². The number of hydrogen-bond donors (Lipinski definition) is 2. The van der Waals surface area contributed by atoms with Crippen molar-refractivity contribution in [3.05, 3.63) is 18.2 Å². The summed E-state index contributed by atoms with van der Waals surface area (Å²) >= 11 is 3.55. The van der Waals surface area contributed by atoms with E-state index in [9.17, 15) is 21.6 Å². The Bertz CT molecular complexity index is 479. The van der Waals surface area contributed by atoms with Gasteiger partial charge in [0.05, 0.1) is 4.90 Å². The van der Waals surface area contributed by atoms with Gasteiger partial charge < -0.3 is 5.11 Å². The molecule has 0 spiro atoms. The van der Waals surface area contributed by atoms with Crippen LogP contribution in [0.25, 0.3) is 0 Å². The summed E-state index contributed by atoms with van der Waals surface area (Å²) in [7, 11) is -5.41. The minimum atomic E-state index is -5.41. The Balaban J connectivity index is 3.42. The molecule has 0 heterocycles. The molecule has 3 nitrogen and oxygen atoms in total. The second-order valence-electron chi connectivity index (χ2n) is 2.60. The Hall–Kier alpha value is -0.890. The van der Waals surface area contributed by atoms with Crippen LogP contribution in [0.1, 0.15) is 0 Å². The standard InChI is InChI=1S/C7H5F3O3S2/c8-7(9,10)15(12,13)6-2-1-4(11)3-5(6)14/h1-3,11,14H. The van der Waals surface area contributed by atoms with Crippen LogP contribution in [0.5, 0.6) is 5.75 Å². The summed E-state index contributed by atoms with van der Waals surface area (Å²) in [5.74, 6) is -0.360. The number of rotatable bonds is 1. The third kappa shape index (κ3) is 2.20. The van der Waals surface area contributed by atoms with E-state index in [4.69, 9.17) is 5.11 Å². The maximum atomic E-state index is 12.1. The number of halogens is 3. The molecule has 0 bridgehead atoms. The van der Waals surface area contributed by atoms with Crippen LogP contribution < -0.4 is 0 Å². The number of benzene rings is 1. The van der Waals surface area contributed by atoms with Crippen LogP contribution in [-0.2, 0) is 9.84 Å². The summed E-state index contributed by atoms with van der Waals surface area (Å²) in [5, 5.41) is 8.88. The van der Waals surface area contributed by atoms with Crippen LogP contribution in [0.4, 0.5) is 13.2 Å². The number of hydrogen-bond acceptors (Lipinski definition) is 4. The summed E-state index contributed by atoms with van der Waals surface area (Å²) < 4.78 is 58.2. The van der Waals surface area contributed by atoms with Gasteiger partial charge in [-0.2, -0.15) is 13.2 Å². The zero-order valence-corrected chi connectivity index (χ0v) is 8.70. The first-order chi connectivity index (χ1) is 6.66. The average molecular weight is 258 g/mol. The van der Waals surface area contributed by atoms with E-state index in [1.165, 1.54) is 0 Å². The lowest BCUT2D eigenvalue weighted by Gasteiger charge is -2.09. The van der Waals surface area contributed by atoms with Crippen molar-refractivity contribution in [1.29, 1.82) is 0 Å². The molecule has 0 amide bonds. The monoisotopic (exact) mass is 258 g/mol. The van der Waals surface area contributed by atoms with Crippen molar-refractivity contribution >= 4 is 22.5 Å². The third-order valence-electron chi connectivity index (χ3n) is 1.54. The number of aromatic hydroxyl groups is 1. The molecule has 0 aliphatic heterocycles. The molecule has 8 heteroatoms. The summed E-state index contributed by atoms with van der Waals surface area (Å²) in [4.78, 5) is -1.43. The van der Waals surface area contributed by atoms with Gasteiger partial charge in [0.1, 0.15) is 5.75 Å². The Labute approximate surface area is 88.9 Å². The smallest absolute Gasteiger partial charge is 0.501 e. The number of thiol groups is 1. The SMILES string of the molecule is O=S(=O)(c1ccc(O)cc1S)C(F)(F)F. The highest BCUT2D eigenvalue weighted by atomic mass is 32.2. The minimum Gasteiger partial charge on any atom is -0.508 e. The predicted molar refractivity (Wildman–Crippen MR) is 48.6 cm³/mol. The maximum Gasteiger partial charge on any atom is 0.501 e. The zero-order valence-electron chi connectivity index (χ0n) is 6.99. The molecule has 0 atom stereocenters. The molecule has 15 heavy (non-hydrogen) atoms. The largest absolute Gasteiger partial charge is 0.508 e. The molecule has 1 aromatic carbocycles. The summed E-state index contributed by atoms with van der Waals surface area (Å²) in [6.07, 6.45) is 0. The second-order valence-corrected chi connectivity index (χ2v) is 4.99. The molecule has 0 aromatic heterocycles. The molecule has 1 N–H and O–H groups in total. The van der Waals surface area contributed by atoms with E-state index in [1.807, 2.05) is 0 Å². The van der Waals surface area contributed by atoms with Crippen molar-refractivity contribution in [3.8, 4) is 5.75 Å². The first-order valence-corrected chi connectivity index (χ1v) is 5.42. The highest BCUT2D eigenvalue weighted by Crippen LogP contribution is 2.34. The molecule has 1 aromatic rings. The molecule has 0 radical (unpaired) electrons. The van der Waals surface area contributed by atoms with Crippen LogP contribution in [0.3, 0.4) is 0 Å². The number of phenols is 1. The van der Waals surface area contributed by atoms with E-state index in [2.05, 4.69) is 12.6 Å². The maximum absolute atomic E-state index is 12.1. The quantitative estimate of drug-likeness (QED) is 0.757. The fourth-order valence-corrected chi connectivity index (χ4v) is 2.26. The lowest BCUT2D eigenvalue weighted by Crippen LogP contribution is -2.23. The van der Waals surface area contributed by atoms with Gasteiger partial charge in [0, 0.05) is 4.90 Å². The lowest BCUT2D eigenvalue weighted by molar-refractivity contribution is -0.0437. The topological polar surface area (TPSA) is 54.4 Å². The van der Waals surface area contributed by atoms with Crippen molar-refractivity contribution in [2.45, 2.75) is 15.3 Å². The first kappa shape index (κ1) is 12.2. The van der Waals surface area contributed by atoms with Crippen LogP contribution in [0.2, 0.25) is 0 Å². The average Bonchev–Trinajstić information content (AvgIpc) is 2.00. The van der Waals surface area contributed by atoms with Crippen LogP contribution in [-0.4, -0.2) is 19.0 Å². The van der Waals surface area contributed by atoms with Gasteiger partial charge in [-0.25, -0.2) is 8.42 Å². The molecule has 1 rings (SSSR count). The van der Waals surface area contributed by atoms with Gasteiger partial charge in [-0.05, 0) is 18.2 Å². The molecular formula is C7H5F3O3S2. The van der Waals surface area contributed by atoms with E-state index < -0.39 is 25.1 Å². The molecule has 0 unspecified atom stereocenters. The van der Waals surface area contributed by atoms with Gasteiger partial charge in [0.2, 0.25) is 0 Å². The molecule has 0 fully saturated rings. The Kier molecular flexibility index (Phi) is 2.92. The zero-order chi connectivity index (χ0) is 11.9. The second kappa shape index (κ2) is 3.60. The third-order valence-corrected chi connectivity index (χ3v) is 3.60. The molecule has 84 valence electrons. The van der Waals surface area contributed by atoms with Gasteiger partial charge in [-0.15, -0.1) is 12.6 Å². The molecule has 0 saturated heterocycles. The molecular weight excluding hydrogens is 253 g/mol. The fraction of sp³-hybridized carbons (Fsp3) is 0.143. The van der Waals surface area contributed by atoms with E-state index in [0.29, 0.717) is 6.07 Å². The highest BCUT2D eigenvalue weighted by molar-refractivity contribution is 7.93. The van der Waals surface area contributed by atoms with E-state index in [1.54, 1.807) is 0 Å². The van der Waals surface area contributed by atoms with Gasteiger partial charge in [-0.3, -0.25) is 0 Å². The number of sulfone groups is 1. The molecule has 0 aliphatic rings. The van der Waals surface area contributed by atoms with Crippen molar-refractivity contribution < 1.29 is 26.7 Å². The normalized spacial score (nSPS) is 12.8. The van der Waals surface area contributed by atoms with E-state index in [0.717, 1.165) is 12.1 Å². The molecule has 0 saturated carbocycles. The Morgan fingerprint density at radius 1 is 1.27 bits per heavy atom. The Morgan fingerprint density at radius 2 is 1.80 bits per heavy atom. The predicted octanol–water partition coefficient (Wildman–Crippen LogP) is 1.97. The number of phenolic OH excluding ortho intramolecular Hbond substituents is 1. The van der Waals surface area contributed by atoms with Gasteiger partial charge in [0.15, 0.2) is 0 Å². The lowest BCUT2D eigenvalue weighted by atomic mass is 10.3. The van der Waals surface area contributed by atoms with E-state index in [-0.39, 0.29) is 5.75 Å². The van der Waals surface area contributed by atoms with Crippen molar-refractivity contribution in [1.82, 2.24) is 0 Å². The van der Waals surface area contributed by atoms with Gasteiger partial charge in [-0.1, -0.05) is 0 Å². The summed E-state index contributed by atoms with van der Waals surface area (Å²) in [6.45, 7) is 0. The number of alkyl halides is 3. The van der Waals surface area contributed by atoms with Crippen LogP contribution in [0.15, 0.2) is 28.0 Å². The van der Waals surface area contributed by atoms with Gasteiger partial charge >= 0.3 is 5.51 Å². The van der Waals surface area contributed by atoms with Crippen LogP contribution >= 0.6 is 12.6 Å². The first-order valence-electron chi connectivity index (χ1n) is 3.49. The Morgan fingerprint density at radius 3 is 2.20 bits per heavy atom. The fourth-order valence-electron chi connectivity index (χ4n) is 0.858. The van der Waals surface area contributed by atoms with Gasteiger partial charge in [0.25, 0.3) is 9.84 Å². The van der Waals surface area contributed by atoms with E-state index >= 15 is 0 Å². The highest BCUT2D eigenvalue weighted by Gasteiger charge is 2.47. The minimum absolute atomic E-state index is 0.360. The molecule has 0 aliphatic carbocycles.